The molecule has 1 amide bonds. The van der Waals surface area contributed by atoms with Gasteiger partial charge in [-0.05, 0) is 19.8 Å². The average Bonchev–Trinajstić information content (AvgIpc) is 2.94. The second-order valence-corrected chi connectivity index (χ2v) is 4.50. The van der Waals surface area contributed by atoms with Gasteiger partial charge in [-0.3, -0.25) is 9.48 Å². The van der Waals surface area contributed by atoms with E-state index in [0.29, 0.717) is 13.0 Å². The Hall–Kier alpha value is -1.92. The predicted molar refractivity (Wildman–Crippen MR) is 61.6 cm³/mol. The molecule has 1 saturated heterocycles. The van der Waals surface area contributed by atoms with Gasteiger partial charge in [0.25, 0.3) is 0 Å². The highest BCUT2D eigenvalue weighted by atomic mass is 16.4. The van der Waals surface area contributed by atoms with Gasteiger partial charge in [0.2, 0.25) is 5.91 Å². The molecule has 1 fully saturated rings. The normalized spacial score (nSPS) is 23.3. The summed E-state index contributed by atoms with van der Waals surface area (Å²) in [4.78, 5) is 24.6. The Morgan fingerprint density at radius 2 is 2.22 bits per heavy atom. The van der Waals surface area contributed by atoms with E-state index in [-0.39, 0.29) is 18.4 Å². The molecule has 7 heteroatoms. The van der Waals surface area contributed by atoms with Crippen LogP contribution in [0.15, 0.2) is 12.4 Å². The molecule has 7 nitrogen and oxygen atoms in total. The van der Waals surface area contributed by atoms with Crippen LogP contribution in [0.4, 0.5) is 0 Å². The van der Waals surface area contributed by atoms with Crippen molar-refractivity contribution in [2.24, 2.45) is 0 Å². The second kappa shape index (κ2) is 5.16. The lowest BCUT2D eigenvalue weighted by Gasteiger charge is -2.26. The van der Waals surface area contributed by atoms with Crippen molar-refractivity contribution in [3.63, 3.8) is 0 Å². The number of likely N-dealkylation sites (tertiary alicyclic amines) is 1. The van der Waals surface area contributed by atoms with Gasteiger partial charge in [-0.1, -0.05) is 5.21 Å². The molecule has 1 aliphatic rings. The zero-order chi connectivity index (χ0) is 13.1. The number of amides is 1. The van der Waals surface area contributed by atoms with Crippen LogP contribution in [0.3, 0.4) is 0 Å². The summed E-state index contributed by atoms with van der Waals surface area (Å²) in [5.74, 6) is -1.06. The van der Waals surface area contributed by atoms with Gasteiger partial charge in [-0.2, -0.15) is 0 Å². The van der Waals surface area contributed by atoms with Gasteiger partial charge in [0.15, 0.2) is 0 Å². The quantitative estimate of drug-likeness (QED) is 0.823. The number of rotatable bonds is 4. The topological polar surface area (TPSA) is 88.3 Å². The van der Waals surface area contributed by atoms with Gasteiger partial charge in [0, 0.05) is 18.7 Å². The van der Waals surface area contributed by atoms with Gasteiger partial charge in [0.1, 0.15) is 6.04 Å². The monoisotopic (exact) mass is 252 g/mol. The zero-order valence-electron chi connectivity index (χ0n) is 10.2. The van der Waals surface area contributed by atoms with Crippen molar-refractivity contribution in [1.82, 2.24) is 19.9 Å². The summed E-state index contributed by atoms with van der Waals surface area (Å²) in [6.45, 7) is 2.31. The van der Waals surface area contributed by atoms with Crippen molar-refractivity contribution in [2.45, 2.75) is 44.8 Å². The molecule has 2 heterocycles. The largest absolute Gasteiger partial charge is 0.480 e. The molecule has 1 aromatic heterocycles. The van der Waals surface area contributed by atoms with Crippen LogP contribution in [0.5, 0.6) is 0 Å². The maximum atomic E-state index is 12.1. The van der Waals surface area contributed by atoms with E-state index >= 15 is 0 Å². The van der Waals surface area contributed by atoms with Gasteiger partial charge < -0.3 is 10.0 Å². The van der Waals surface area contributed by atoms with Gasteiger partial charge in [-0.25, -0.2) is 4.79 Å². The van der Waals surface area contributed by atoms with E-state index < -0.39 is 12.0 Å². The van der Waals surface area contributed by atoms with E-state index in [9.17, 15) is 9.59 Å². The number of aliphatic carboxylic acids is 1. The molecule has 0 aromatic carbocycles. The Morgan fingerprint density at radius 1 is 1.44 bits per heavy atom. The summed E-state index contributed by atoms with van der Waals surface area (Å²) in [6, 6.07) is -0.683. The Kier molecular flexibility index (Phi) is 3.59. The lowest BCUT2D eigenvalue weighted by molar-refractivity contribution is -0.149. The number of aromatic nitrogens is 3. The lowest BCUT2D eigenvalue weighted by atomic mass is 10.2. The Balaban J connectivity index is 1.96. The molecular weight excluding hydrogens is 236 g/mol. The number of aryl methyl sites for hydroxylation is 1. The highest BCUT2D eigenvalue weighted by Crippen LogP contribution is 2.24. The zero-order valence-corrected chi connectivity index (χ0v) is 10.2. The first kappa shape index (κ1) is 12.5. The molecule has 0 saturated carbocycles. The van der Waals surface area contributed by atoms with Crippen LogP contribution in [0.1, 0.15) is 26.2 Å². The molecule has 0 aliphatic carbocycles. The molecule has 0 unspecified atom stereocenters. The second-order valence-electron chi connectivity index (χ2n) is 4.50. The molecule has 98 valence electrons. The third-order valence-corrected chi connectivity index (χ3v) is 3.27. The first-order chi connectivity index (χ1) is 8.59. The lowest BCUT2D eigenvalue weighted by Crippen LogP contribution is -2.44. The van der Waals surface area contributed by atoms with Crippen molar-refractivity contribution in [3.8, 4) is 0 Å². The smallest absolute Gasteiger partial charge is 0.326 e. The van der Waals surface area contributed by atoms with E-state index in [4.69, 9.17) is 5.11 Å². The van der Waals surface area contributed by atoms with E-state index in [1.54, 1.807) is 17.1 Å². The SMILES string of the molecule is C[C@@H]1CC[C@H](C(=O)O)N1C(=O)CCn1ccnn1. The number of carbonyl (C=O) groups is 2. The van der Waals surface area contributed by atoms with Crippen molar-refractivity contribution in [2.75, 3.05) is 0 Å². The molecule has 2 rings (SSSR count). The van der Waals surface area contributed by atoms with Crippen LogP contribution < -0.4 is 0 Å². The highest BCUT2D eigenvalue weighted by molar-refractivity contribution is 5.84. The summed E-state index contributed by atoms with van der Waals surface area (Å²) < 4.78 is 1.56. The first-order valence-corrected chi connectivity index (χ1v) is 5.97. The molecule has 0 spiro atoms. The van der Waals surface area contributed by atoms with E-state index in [1.165, 1.54) is 4.90 Å². The fourth-order valence-corrected chi connectivity index (χ4v) is 2.34. The molecule has 0 radical (unpaired) electrons. The number of carboxylic acid groups (broad SMARTS) is 1. The third kappa shape index (κ3) is 2.49. The van der Waals surface area contributed by atoms with Crippen LogP contribution in [-0.2, 0) is 16.1 Å². The fraction of sp³-hybridized carbons (Fsp3) is 0.636. The van der Waals surface area contributed by atoms with Crippen molar-refractivity contribution in [1.29, 1.82) is 0 Å². The summed E-state index contributed by atoms with van der Waals surface area (Å²) in [6.07, 6.45) is 4.74. The molecule has 0 bridgehead atoms. The first-order valence-electron chi connectivity index (χ1n) is 5.97. The molecular formula is C11H16N4O3. The van der Waals surface area contributed by atoms with Crippen LogP contribution in [0, 0.1) is 0 Å². The van der Waals surface area contributed by atoms with Crippen molar-refractivity contribution >= 4 is 11.9 Å². The predicted octanol–water partition coefficient (Wildman–Crippen LogP) is 0.132. The van der Waals surface area contributed by atoms with Crippen LogP contribution in [0.2, 0.25) is 0 Å². The maximum Gasteiger partial charge on any atom is 0.326 e. The summed E-state index contributed by atoms with van der Waals surface area (Å²) in [5.41, 5.74) is 0. The standard InChI is InChI=1S/C11H16N4O3/c1-8-2-3-9(11(17)18)15(8)10(16)4-6-14-7-5-12-13-14/h5,7-9H,2-4,6H2,1H3,(H,17,18)/t8-,9-/m1/s1. The van der Waals surface area contributed by atoms with E-state index in [0.717, 1.165) is 6.42 Å². The van der Waals surface area contributed by atoms with Crippen molar-refractivity contribution in [3.05, 3.63) is 12.4 Å². The summed E-state index contributed by atoms with van der Waals surface area (Å²) in [5, 5.41) is 16.5. The van der Waals surface area contributed by atoms with E-state index in [1.807, 2.05) is 6.92 Å². The van der Waals surface area contributed by atoms with Gasteiger partial charge >= 0.3 is 5.97 Å². The Bertz CT molecular complexity index is 432. The molecule has 18 heavy (non-hydrogen) atoms. The van der Waals surface area contributed by atoms with Crippen LogP contribution >= 0.6 is 0 Å². The maximum absolute atomic E-state index is 12.1. The number of hydrogen-bond acceptors (Lipinski definition) is 4. The number of hydrogen-bond donors (Lipinski definition) is 1. The minimum atomic E-state index is -0.923. The number of nitrogens with zero attached hydrogens (tertiary/aromatic N) is 4. The van der Waals surface area contributed by atoms with Crippen molar-refractivity contribution < 1.29 is 14.7 Å². The fourth-order valence-electron chi connectivity index (χ4n) is 2.34. The average molecular weight is 252 g/mol. The van der Waals surface area contributed by atoms with Gasteiger partial charge in [0.05, 0.1) is 12.7 Å². The minimum Gasteiger partial charge on any atom is -0.480 e. The molecule has 1 aromatic rings. The molecule has 1 N–H and O–H groups in total. The molecule has 1 aliphatic heterocycles. The van der Waals surface area contributed by atoms with Crippen LogP contribution in [0.25, 0.3) is 0 Å². The molecule has 2 atom stereocenters. The minimum absolute atomic E-state index is 0.00523. The highest BCUT2D eigenvalue weighted by Gasteiger charge is 2.38. The number of carboxylic acids is 1. The Morgan fingerprint density at radius 3 is 2.83 bits per heavy atom. The van der Waals surface area contributed by atoms with Gasteiger partial charge in [-0.15, -0.1) is 5.10 Å². The third-order valence-electron chi connectivity index (χ3n) is 3.27. The van der Waals surface area contributed by atoms with Crippen LogP contribution in [-0.4, -0.2) is 49.0 Å². The number of carbonyl (C=O) groups excluding carboxylic acids is 1. The summed E-state index contributed by atoms with van der Waals surface area (Å²) >= 11 is 0. The Labute approximate surface area is 104 Å². The summed E-state index contributed by atoms with van der Waals surface area (Å²) in [7, 11) is 0. The van der Waals surface area contributed by atoms with E-state index in [2.05, 4.69) is 10.3 Å².